The lowest BCUT2D eigenvalue weighted by molar-refractivity contribution is -0.136. The van der Waals surface area contributed by atoms with E-state index in [9.17, 15) is 9.59 Å². The summed E-state index contributed by atoms with van der Waals surface area (Å²) in [5.74, 6) is 0.603. The van der Waals surface area contributed by atoms with Gasteiger partial charge in [-0.2, -0.15) is 0 Å². The molecule has 0 atom stereocenters. The fourth-order valence-electron chi connectivity index (χ4n) is 2.82. The van der Waals surface area contributed by atoms with Crippen LogP contribution in [0.2, 0.25) is 0 Å². The van der Waals surface area contributed by atoms with Crippen LogP contribution < -0.4 is 9.47 Å². The van der Waals surface area contributed by atoms with Crippen molar-refractivity contribution in [2.75, 3.05) is 6.61 Å². The fraction of sp³-hybridized carbons (Fsp3) is 0.167. The zero-order valence-corrected chi connectivity index (χ0v) is 15.8. The summed E-state index contributed by atoms with van der Waals surface area (Å²) >= 11 is 0. The zero-order valence-electron chi connectivity index (χ0n) is 15.8. The van der Waals surface area contributed by atoms with Crippen LogP contribution in [0.3, 0.4) is 0 Å². The van der Waals surface area contributed by atoms with Gasteiger partial charge >= 0.3 is 5.97 Å². The Bertz CT molecular complexity index is 930. The summed E-state index contributed by atoms with van der Waals surface area (Å²) in [6.45, 7) is 1.62. The molecule has 3 aromatic rings. The van der Waals surface area contributed by atoms with E-state index < -0.39 is 5.97 Å². The van der Waals surface area contributed by atoms with Crippen LogP contribution in [0.4, 0.5) is 0 Å². The summed E-state index contributed by atoms with van der Waals surface area (Å²) < 4.78 is 11.0. The van der Waals surface area contributed by atoms with Crippen LogP contribution >= 0.6 is 0 Å². The molecule has 0 aliphatic carbocycles. The normalized spacial score (nSPS) is 10.3. The maximum atomic E-state index is 12.1. The third kappa shape index (κ3) is 5.30. The SMILES string of the molecule is CCC(=O)c1ccc(OC(=O)COc2ccccc2Cc2ccccc2)cc1. The molecular weight excluding hydrogens is 352 g/mol. The smallest absolute Gasteiger partial charge is 0.349 e. The van der Waals surface area contributed by atoms with Crippen molar-refractivity contribution in [3.63, 3.8) is 0 Å². The summed E-state index contributed by atoms with van der Waals surface area (Å²) in [6, 6.07) is 24.3. The van der Waals surface area contributed by atoms with Gasteiger partial charge in [0.25, 0.3) is 0 Å². The molecule has 0 aromatic heterocycles. The second-order valence-electron chi connectivity index (χ2n) is 6.33. The van der Waals surface area contributed by atoms with Gasteiger partial charge in [0.05, 0.1) is 0 Å². The van der Waals surface area contributed by atoms with E-state index in [1.807, 2.05) is 49.4 Å². The Kier molecular flexibility index (Phi) is 6.58. The van der Waals surface area contributed by atoms with Crippen LogP contribution in [0.25, 0.3) is 0 Å². The van der Waals surface area contributed by atoms with Gasteiger partial charge in [0.1, 0.15) is 11.5 Å². The minimum atomic E-state index is -0.496. The second-order valence-corrected chi connectivity index (χ2v) is 6.33. The van der Waals surface area contributed by atoms with Gasteiger partial charge < -0.3 is 9.47 Å². The highest BCUT2D eigenvalue weighted by Crippen LogP contribution is 2.21. The highest BCUT2D eigenvalue weighted by atomic mass is 16.6. The number of ether oxygens (including phenoxy) is 2. The van der Waals surface area contributed by atoms with Crippen molar-refractivity contribution < 1.29 is 19.1 Å². The van der Waals surface area contributed by atoms with E-state index in [4.69, 9.17) is 9.47 Å². The van der Waals surface area contributed by atoms with Crippen LogP contribution in [-0.2, 0) is 11.2 Å². The number of hydrogen-bond donors (Lipinski definition) is 0. The zero-order chi connectivity index (χ0) is 19.8. The Morgan fingerprint density at radius 3 is 2.21 bits per heavy atom. The summed E-state index contributed by atoms with van der Waals surface area (Å²) in [7, 11) is 0. The molecule has 4 heteroatoms. The van der Waals surface area contributed by atoms with Crippen molar-refractivity contribution in [2.24, 2.45) is 0 Å². The highest BCUT2D eigenvalue weighted by molar-refractivity contribution is 5.95. The Balaban J connectivity index is 1.58. The molecule has 0 spiro atoms. The lowest BCUT2D eigenvalue weighted by atomic mass is 10.0. The van der Waals surface area contributed by atoms with Gasteiger partial charge in [-0.1, -0.05) is 55.5 Å². The summed E-state index contributed by atoms with van der Waals surface area (Å²) in [6.07, 6.45) is 1.16. The largest absolute Gasteiger partial charge is 0.482 e. The van der Waals surface area contributed by atoms with E-state index in [1.54, 1.807) is 24.3 Å². The molecule has 4 nitrogen and oxygen atoms in total. The number of para-hydroxylation sites is 1. The molecule has 0 fully saturated rings. The number of hydrogen-bond acceptors (Lipinski definition) is 4. The molecule has 0 saturated heterocycles. The lowest BCUT2D eigenvalue weighted by Crippen LogP contribution is -2.18. The predicted molar refractivity (Wildman–Crippen MR) is 108 cm³/mol. The molecule has 28 heavy (non-hydrogen) atoms. The number of rotatable bonds is 8. The summed E-state index contributed by atoms with van der Waals surface area (Å²) in [5.41, 5.74) is 2.78. The van der Waals surface area contributed by atoms with Crippen molar-refractivity contribution in [2.45, 2.75) is 19.8 Å². The monoisotopic (exact) mass is 374 g/mol. The minimum Gasteiger partial charge on any atom is -0.482 e. The van der Waals surface area contributed by atoms with Crippen molar-refractivity contribution in [1.82, 2.24) is 0 Å². The molecule has 3 aromatic carbocycles. The van der Waals surface area contributed by atoms with Crippen LogP contribution in [0.15, 0.2) is 78.9 Å². The van der Waals surface area contributed by atoms with Crippen LogP contribution in [0, 0.1) is 0 Å². The van der Waals surface area contributed by atoms with Gasteiger partial charge in [0.15, 0.2) is 12.4 Å². The topological polar surface area (TPSA) is 52.6 Å². The summed E-state index contributed by atoms with van der Waals surface area (Å²) in [5, 5.41) is 0. The predicted octanol–water partition coefficient (Wildman–Crippen LogP) is 4.85. The lowest BCUT2D eigenvalue weighted by Gasteiger charge is -2.11. The molecule has 0 bridgehead atoms. The van der Waals surface area contributed by atoms with E-state index >= 15 is 0 Å². The first-order chi connectivity index (χ1) is 13.7. The number of carbonyl (C=O) groups is 2. The van der Waals surface area contributed by atoms with Crippen LogP contribution in [0.1, 0.15) is 34.8 Å². The molecule has 0 heterocycles. The molecule has 0 N–H and O–H groups in total. The molecule has 0 radical (unpaired) electrons. The molecule has 0 aliphatic rings. The molecule has 3 rings (SSSR count). The Morgan fingerprint density at radius 2 is 1.50 bits per heavy atom. The third-order valence-corrected chi connectivity index (χ3v) is 4.28. The molecule has 0 saturated carbocycles. The number of ketones is 1. The van der Waals surface area contributed by atoms with Crippen LogP contribution in [0.5, 0.6) is 11.5 Å². The first kappa shape index (κ1) is 19.4. The highest BCUT2D eigenvalue weighted by Gasteiger charge is 2.10. The maximum Gasteiger partial charge on any atom is 0.349 e. The van der Waals surface area contributed by atoms with E-state index in [0.717, 1.165) is 12.0 Å². The Morgan fingerprint density at radius 1 is 0.821 bits per heavy atom. The van der Waals surface area contributed by atoms with E-state index in [2.05, 4.69) is 12.1 Å². The maximum absolute atomic E-state index is 12.1. The molecule has 142 valence electrons. The molecule has 0 amide bonds. The number of benzene rings is 3. The van der Waals surface area contributed by atoms with Gasteiger partial charge in [-0.15, -0.1) is 0 Å². The number of esters is 1. The molecule has 0 unspecified atom stereocenters. The first-order valence-corrected chi connectivity index (χ1v) is 9.24. The molecular formula is C24H22O4. The summed E-state index contributed by atoms with van der Waals surface area (Å²) in [4.78, 5) is 23.8. The average Bonchev–Trinajstić information content (AvgIpc) is 2.74. The molecule has 0 aliphatic heterocycles. The fourth-order valence-corrected chi connectivity index (χ4v) is 2.82. The van der Waals surface area contributed by atoms with Gasteiger partial charge in [-0.25, -0.2) is 4.79 Å². The Hall–Kier alpha value is -3.40. The first-order valence-electron chi connectivity index (χ1n) is 9.24. The van der Waals surface area contributed by atoms with Gasteiger partial charge in [0, 0.05) is 18.4 Å². The second kappa shape index (κ2) is 9.51. The van der Waals surface area contributed by atoms with Crippen LogP contribution in [-0.4, -0.2) is 18.4 Å². The van der Waals surface area contributed by atoms with Gasteiger partial charge in [-0.3, -0.25) is 4.79 Å². The standard InChI is InChI=1S/C24H22O4/c1-2-22(25)19-12-14-21(15-13-19)28-24(26)17-27-23-11-7-6-10-20(23)16-18-8-4-3-5-9-18/h3-15H,2,16-17H2,1H3. The number of carbonyl (C=O) groups excluding carboxylic acids is 2. The van der Waals surface area contributed by atoms with Crippen molar-refractivity contribution >= 4 is 11.8 Å². The van der Waals surface area contributed by atoms with Crippen molar-refractivity contribution in [1.29, 1.82) is 0 Å². The number of Topliss-reactive ketones (excluding diaryl/α,β-unsaturated/α-hetero) is 1. The van der Waals surface area contributed by atoms with E-state index in [0.29, 0.717) is 23.5 Å². The van der Waals surface area contributed by atoms with Gasteiger partial charge in [-0.05, 0) is 41.5 Å². The van der Waals surface area contributed by atoms with E-state index in [-0.39, 0.29) is 12.4 Å². The average molecular weight is 374 g/mol. The minimum absolute atomic E-state index is 0.0521. The third-order valence-electron chi connectivity index (χ3n) is 4.28. The van der Waals surface area contributed by atoms with E-state index in [1.165, 1.54) is 5.56 Å². The van der Waals surface area contributed by atoms with Crippen molar-refractivity contribution in [3.8, 4) is 11.5 Å². The van der Waals surface area contributed by atoms with Gasteiger partial charge in [0.2, 0.25) is 0 Å². The Labute approximate surface area is 164 Å². The van der Waals surface area contributed by atoms with Crippen molar-refractivity contribution in [3.05, 3.63) is 95.6 Å². The quantitative estimate of drug-likeness (QED) is 0.321.